The number of halogens is 2. The predicted octanol–water partition coefficient (Wildman–Crippen LogP) is 4.56. The quantitative estimate of drug-likeness (QED) is 0.779. The molecule has 0 fully saturated rings. The molecule has 2 rings (SSSR count). The number of nitrogens with zero attached hydrogens (tertiary/aromatic N) is 1. The van der Waals surface area contributed by atoms with E-state index >= 15 is 0 Å². The molecule has 0 radical (unpaired) electrons. The molecule has 1 aromatic heterocycles. The van der Waals surface area contributed by atoms with E-state index in [1.54, 1.807) is 18.2 Å². The van der Waals surface area contributed by atoms with Crippen molar-refractivity contribution in [2.45, 2.75) is 19.8 Å². The fourth-order valence-corrected chi connectivity index (χ4v) is 2.47. The Kier molecular flexibility index (Phi) is 4.35. The molecule has 0 aliphatic rings. The van der Waals surface area contributed by atoms with Crippen LogP contribution in [0.25, 0.3) is 11.3 Å². The van der Waals surface area contributed by atoms with Gasteiger partial charge in [-0.2, -0.15) is 0 Å². The van der Waals surface area contributed by atoms with Crippen LogP contribution < -0.4 is 0 Å². The average Bonchev–Trinajstić information content (AvgIpc) is 2.82. The van der Waals surface area contributed by atoms with Crippen molar-refractivity contribution in [1.82, 2.24) is 5.16 Å². The Hall–Kier alpha value is -1.52. The molecule has 4 nitrogen and oxygen atoms in total. The first kappa shape index (κ1) is 14.9. The first-order valence-electron chi connectivity index (χ1n) is 5.99. The topological polar surface area (TPSA) is 52.3 Å². The lowest BCUT2D eigenvalue weighted by molar-refractivity contribution is 0.0598. The van der Waals surface area contributed by atoms with Crippen LogP contribution in [0.5, 0.6) is 0 Å². The summed E-state index contributed by atoms with van der Waals surface area (Å²) in [6.07, 6.45) is 0. The number of benzene rings is 1. The summed E-state index contributed by atoms with van der Waals surface area (Å²) < 4.78 is 10.1. The highest BCUT2D eigenvalue weighted by molar-refractivity contribution is 6.39. The predicted molar refractivity (Wildman–Crippen MR) is 77.4 cm³/mol. The van der Waals surface area contributed by atoms with Crippen molar-refractivity contribution in [3.63, 3.8) is 0 Å². The summed E-state index contributed by atoms with van der Waals surface area (Å²) >= 11 is 12.3. The maximum Gasteiger partial charge on any atom is 0.343 e. The molecule has 0 bridgehead atoms. The molecule has 1 heterocycles. The standard InChI is InChI=1S/C14H13Cl2NO3/c1-7(2)13-11(14(18)19-3)12(17-20-13)10-8(15)5-4-6-9(10)16/h4-7H,1-3H3. The molecule has 0 N–H and O–H groups in total. The number of carbonyl (C=O) groups excluding carboxylic acids is 1. The van der Waals surface area contributed by atoms with Crippen molar-refractivity contribution in [2.75, 3.05) is 7.11 Å². The third-order valence-corrected chi connectivity index (χ3v) is 3.46. The highest BCUT2D eigenvalue weighted by Crippen LogP contribution is 2.38. The molecular formula is C14H13Cl2NO3. The van der Waals surface area contributed by atoms with E-state index in [1.165, 1.54) is 7.11 Å². The number of aromatic nitrogens is 1. The third-order valence-electron chi connectivity index (χ3n) is 2.83. The number of esters is 1. The molecule has 0 amide bonds. The largest absolute Gasteiger partial charge is 0.465 e. The number of rotatable bonds is 3. The lowest BCUT2D eigenvalue weighted by atomic mass is 10.0. The normalized spacial score (nSPS) is 10.9. The van der Waals surface area contributed by atoms with Crippen molar-refractivity contribution in [3.8, 4) is 11.3 Å². The van der Waals surface area contributed by atoms with Gasteiger partial charge >= 0.3 is 5.97 Å². The van der Waals surface area contributed by atoms with E-state index in [0.717, 1.165) is 0 Å². The van der Waals surface area contributed by atoms with Crippen LogP contribution in [0.4, 0.5) is 0 Å². The maximum atomic E-state index is 12.0. The highest BCUT2D eigenvalue weighted by Gasteiger charge is 2.28. The highest BCUT2D eigenvalue weighted by atomic mass is 35.5. The van der Waals surface area contributed by atoms with Gasteiger partial charge in [0.25, 0.3) is 0 Å². The Balaban J connectivity index is 2.72. The van der Waals surface area contributed by atoms with Crippen LogP contribution >= 0.6 is 23.2 Å². The van der Waals surface area contributed by atoms with Gasteiger partial charge in [0.05, 0.1) is 17.2 Å². The van der Waals surface area contributed by atoms with Gasteiger partial charge in [-0.1, -0.05) is 48.3 Å². The Morgan fingerprint density at radius 1 is 1.30 bits per heavy atom. The van der Waals surface area contributed by atoms with E-state index in [1.807, 2.05) is 13.8 Å². The SMILES string of the molecule is COC(=O)c1c(-c2c(Cl)cccc2Cl)noc1C(C)C. The van der Waals surface area contributed by atoms with Crippen LogP contribution in [-0.2, 0) is 4.74 Å². The summed E-state index contributed by atoms with van der Waals surface area (Å²) in [5.74, 6) is -0.101. The van der Waals surface area contributed by atoms with Crippen molar-refractivity contribution in [1.29, 1.82) is 0 Å². The van der Waals surface area contributed by atoms with Crippen LogP contribution in [0.2, 0.25) is 10.0 Å². The smallest absolute Gasteiger partial charge is 0.343 e. The van der Waals surface area contributed by atoms with Gasteiger partial charge in [-0.25, -0.2) is 4.79 Å². The molecule has 0 spiro atoms. The molecule has 2 aromatic rings. The molecule has 20 heavy (non-hydrogen) atoms. The zero-order chi connectivity index (χ0) is 14.9. The van der Waals surface area contributed by atoms with Gasteiger partial charge in [0.15, 0.2) is 5.76 Å². The molecule has 0 saturated carbocycles. The summed E-state index contributed by atoms with van der Waals surface area (Å²) in [4.78, 5) is 12.0. The lowest BCUT2D eigenvalue weighted by Gasteiger charge is -2.07. The minimum Gasteiger partial charge on any atom is -0.465 e. The van der Waals surface area contributed by atoms with Crippen molar-refractivity contribution < 1.29 is 14.1 Å². The van der Waals surface area contributed by atoms with Gasteiger partial charge in [-0.05, 0) is 12.1 Å². The molecule has 0 atom stereocenters. The van der Waals surface area contributed by atoms with E-state index < -0.39 is 5.97 Å². The number of ether oxygens (including phenoxy) is 1. The fraction of sp³-hybridized carbons (Fsp3) is 0.286. The van der Waals surface area contributed by atoms with Gasteiger partial charge < -0.3 is 9.26 Å². The molecule has 1 aromatic carbocycles. The van der Waals surface area contributed by atoms with Crippen LogP contribution in [0.15, 0.2) is 22.7 Å². The molecule has 0 aliphatic carbocycles. The Labute approximate surface area is 126 Å². The monoisotopic (exact) mass is 313 g/mol. The fourth-order valence-electron chi connectivity index (χ4n) is 1.89. The number of methoxy groups -OCH3 is 1. The molecule has 0 aliphatic heterocycles. The van der Waals surface area contributed by atoms with Gasteiger partial charge in [-0.3, -0.25) is 0 Å². The first-order valence-corrected chi connectivity index (χ1v) is 6.75. The zero-order valence-electron chi connectivity index (χ0n) is 11.2. The molecule has 106 valence electrons. The molecule has 6 heteroatoms. The van der Waals surface area contributed by atoms with E-state index in [4.69, 9.17) is 32.5 Å². The minimum absolute atomic E-state index is 0.0217. The Bertz CT molecular complexity index is 630. The van der Waals surface area contributed by atoms with Gasteiger partial charge in [-0.15, -0.1) is 0 Å². The van der Waals surface area contributed by atoms with Crippen molar-refractivity contribution in [2.24, 2.45) is 0 Å². The van der Waals surface area contributed by atoms with Crippen molar-refractivity contribution in [3.05, 3.63) is 39.6 Å². The van der Waals surface area contributed by atoms with Crippen molar-refractivity contribution >= 4 is 29.2 Å². The third kappa shape index (κ3) is 2.53. The summed E-state index contributed by atoms with van der Waals surface area (Å²) in [6, 6.07) is 5.07. The molecule has 0 saturated heterocycles. The second-order valence-corrected chi connectivity index (χ2v) is 5.33. The Morgan fingerprint density at radius 3 is 2.40 bits per heavy atom. The summed E-state index contributed by atoms with van der Waals surface area (Å²) in [7, 11) is 1.30. The van der Waals surface area contributed by atoms with E-state index in [-0.39, 0.29) is 11.5 Å². The summed E-state index contributed by atoms with van der Waals surface area (Å²) in [5, 5.41) is 4.74. The van der Waals surface area contributed by atoms with Crippen LogP contribution in [0, 0.1) is 0 Å². The van der Waals surface area contributed by atoms with Gasteiger partial charge in [0, 0.05) is 11.5 Å². The van der Waals surface area contributed by atoms with E-state index in [2.05, 4.69) is 5.16 Å². The van der Waals surface area contributed by atoms with E-state index in [9.17, 15) is 4.79 Å². The minimum atomic E-state index is -0.527. The summed E-state index contributed by atoms with van der Waals surface area (Å²) in [5.41, 5.74) is 1.03. The van der Waals surface area contributed by atoms with Crippen LogP contribution in [0.1, 0.15) is 35.9 Å². The maximum absolute atomic E-state index is 12.0. The van der Waals surface area contributed by atoms with Crippen LogP contribution in [-0.4, -0.2) is 18.2 Å². The average molecular weight is 314 g/mol. The lowest BCUT2D eigenvalue weighted by Crippen LogP contribution is -2.06. The number of carbonyl (C=O) groups is 1. The second-order valence-electron chi connectivity index (χ2n) is 4.51. The molecule has 0 unspecified atom stereocenters. The summed E-state index contributed by atoms with van der Waals surface area (Å²) in [6.45, 7) is 3.79. The second kappa shape index (κ2) is 5.85. The van der Waals surface area contributed by atoms with Gasteiger partial charge in [0.2, 0.25) is 0 Å². The number of hydrogen-bond donors (Lipinski definition) is 0. The van der Waals surface area contributed by atoms with E-state index in [0.29, 0.717) is 27.1 Å². The Morgan fingerprint density at radius 2 is 1.90 bits per heavy atom. The van der Waals surface area contributed by atoms with Gasteiger partial charge in [0.1, 0.15) is 11.3 Å². The molecular weight excluding hydrogens is 301 g/mol. The zero-order valence-corrected chi connectivity index (χ0v) is 12.7. The first-order chi connectivity index (χ1) is 9.47. The van der Waals surface area contributed by atoms with Crippen LogP contribution in [0.3, 0.4) is 0 Å². The number of hydrogen-bond acceptors (Lipinski definition) is 4.